The van der Waals surface area contributed by atoms with E-state index in [2.05, 4.69) is 36.7 Å². The standard InChI is InChI=1S/C44H38O8/c1-2-3-6-9-42(46)50-39-24-16-33(17-25-39)35-20-28-41(29-21-35)52-44(48)37-12-10-36(11-13-37)43(47)51-40-26-18-34(19-27-40)32-14-22-38(23-15-32)49-31-8-5-4-7-30-45/h14-29,36-37,45H,2-3,6,9-13H2,1H3/t36-,37-. The number of carbonyl (C=O) groups excluding carboxylic acids is 3. The van der Waals surface area contributed by atoms with E-state index in [0.717, 1.165) is 41.5 Å². The van der Waals surface area contributed by atoms with Gasteiger partial charge in [-0.2, -0.15) is 0 Å². The lowest BCUT2D eigenvalue weighted by molar-refractivity contribution is -0.145. The predicted octanol–water partition coefficient (Wildman–Crippen LogP) is 8.50. The van der Waals surface area contributed by atoms with Crippen LogP contribution in [0.4, 0.5) is 0 Å². The van der Waals surface area contributed by atoms with Crippen LogP contribution in [0.1, 0.15) is 58.3 Å². The molecule has 1 N–H and O–H groups in total. The second-order valence-corrected chi connectivity index (χ2v) is 12.2. The number of hydrogen-bond donors (Lipinski definition) is 1. The van der Waals surface area contributed by atoms with E-state index in [1.54, 1.807) is 54.6 Å². The van der Waals surface area contributed by atoms with Gasteiger partial charge < -0.3 is 24.1 Å². The van der Waals surface area contributed by atoms with E-state index < -0.39 is 0 Å². The van der Waals surface area contributed by atoms with E-state index in [1.165, 1.54) is 0 Å². The lowest BCUT2D eigenvalue weighted by Crippen LogP contribution is -2.30. The molecular formula is C44H38O8. The molecule has 8 nitrogen and oxygen atoms in total. The van der Waals surface area contributed by atoms with Crippen molar-refractivity contribution in [3.63, 3.8) is 0 Å². The minimum Gasteiger partial charge on any atom is -0.461 e. The zero-order valence-electron chi connectivity index (χ0n) is 28.9. The quantitative estimate of drug-likeness (QED) is 0.0681. The molecule has 1 fully saturated rings. The van der Waals surface area contributed by atoms with Crippen molar-refractivity contribution in [3.8, 4) is 81.1 Å². The average Bonchev–Trinajstić information content (AvgIpc) is 3.17. The monoisotopic (exact) mass is 694 g/mol. The van der Waals surface area contributed by atoms with Crippen molar-refractivity contribution >= 4 is 17.9 Å². The second kappa shape index (κ2) is 19.1. The highest BCUT2D eigenvalue weighted by molar-refractivity contribution is 5.78. The highest BCUT2D eigenvalue weighted by Crippen LogP contribution is 2.33. The Morgan fingerprint density at radius 3 is 1.38 bits per heavy atom. The van der Waals surface area contributed by atoms with E-state index >= 15 is 0 Å². The fraction of sp³-hybridized carbons (Fsp3) is 0.250. The number of ether oxygens (including phenoxy) is 4. The third-order valence-corrected chi connectivity index (χ3v) is 8.59. The number of benzene rings is 4. The molecule has 8 heteroatoms. The summed E-state index contributed by atoms with van der Waals surface area (Å²) in [6.45, 7) is 2.09. The topological polar surface area (TPSA) is 108 Å². The SMILES string of the molecule is CCCCCC(=O)Oc1ccc(-c2ccc(OC(=O)[C@H]3CC[C@H](C(=O)Oc4ccc(-c5ccc(OC#CC#CC#CO)cc5)cc4)CC3)cc2)cc1. The van der Waals surface area contributed by atoms with Crippen molar-refractivity contribution in [2.45, 2.75) is 58.3 Å². The summed E-state index contributed by atoms with van der Waals surface area (Å²) < 4.78 is 22.1. The lowest BCUT2D eigenvalue weighted by Gasteiger charge is -2.25. The van der Waals surface area contributed by atoms with Gasteiger partial charge in [-0.1, -0.05) is 68.3 Å². The van der Waals surface area contributed by atoms with Crippen LogP contribution in [0.3, 0.4) is 0 Å². The maximum absolute atomic E-state index is 12.9. The van der Waals surface area contributed by atoms with Gasteiger partial charge in [-0.05, 0) is 103 Å². The van der Waals surface area contributed by atoms with Crippen molar-refractivity contribution in [3.05, 3.63) is 97.1 Å². The zero-order chi connectivity index (χ0) is 36.5. The van der Waals surface area contributed by atoms with Gasteiger partial charge in [-0.3, -0.25) is 14.4 Å². The third-order valence-electron chi connectivity index (χ3n) is 8.59. The van der Waals surface area contributed by atoms with Crippen LogP contribution in [0.25, 0.3) is 22.3 Å². The zero-order valence-corrected chi connectivity index (χ0v) is 28.9. The third kappa shape index (κ3) is 11.0. The fourth-order valence-electron chi connectivity index (χ4n) is 5.73. The minimum absolute atomic E-state index is 0.223. The summed E-state index contributed by atoms with van der Waals surface area (Å²) >= 11 is 0. The van der Waals surface area contributed by atoms with Gasteiger partial charge in [0.15, 0.2) is 0 Å². The molecule has 0 spiro atoms. The summed E-state index contributed by atoms with van der Waals surface area (Å²) in [7, 11) is 0. The molecule has 0 amide bonds. The molecule has 1 aliphatic rings. The van der Waals surface area contributed by atoms with Crippen molar-refractivity contribution in [2.75, 3.05) is 0 Å². The first-order chi connectivity index (χ1) is 25.4. The Bertz CT molecular complexity index is 2000. The summed E-state index contributed by atoms with van der Waals surface area (Å²) in [5.74, 6) is 9.99. The number of carbonyl (C=O) groups is 3. The van der Waals surface area contributed by atoms with Crippen LogP contribution in [0, 0.1) is 47.7 Å². The molecule has 4 aromatic rings. The van der Waals surface area contributed by atoms with Crippen molar-refractivity contribution in [2.24, 2.45) is 11.8 Å². The van der Waals surface area contributed by atoms with Crippen LogP contribution >= 0.6 is 0 Å². The summed E-state index contributed by atoms with van der Waals surface area (Å²) in [4.78, 5) is 37.9. The Balaban J connectivity index is 1.04. The molecule has 1 saturated carbocycles. The average molecular weight is 695 g/mol. The van der Waals surface area contributed by atoms with Crippen molar-refractivity contribution in [1.29, 1.82) is 0 Å². The van der Waals surface area contributed by atoms with E-state index in [9.17, 15) is 14.4 Å². The van der Waals surface area contributed by atoms with Crippen LogP contribution in [0.2, 0.25) is 0 Å². The maximum Gasteiger partial charge on any atom is 0.314 e. The van der Waals surface area contributed by atoms with Crippen LogP contribution < -0.4 is 18.9 Å². The number of rotatable bonds is 12. The van der Waals surface area contributed by atoms with Crippen LogP contribution in [-0.2, 0) is 14.4 Å². The Kier molecular flexibility index (Phi) is 13.5. The predicted molar refractivity (Wildman–Crippen MR) is 196 cm³/mol. The van der Waals surface area contributed by atoms with Crippen molar-refractivity contribution in [1.82, 2.24) is 0 Å². The first kappa shape index (κ1) is 36.8. The molecule has 0 atom stereocenters. The molecule has 0 unspecified atom stereocenters. The molecule has 1 aliphatic carbocycles. The number of unbranched alkanes of at least 4 members (excludes halogenated alkanes) is 2. The first-order valence-electron chi connectivity index (χ1n) is 17.3. The Morgan fingerprint density at radius 1 is 0.558 bits per heavy atom. The largest absolute Gasteiger partial charge is 0.461 e. The lowest BCUT2D eigenvalue weighted by atomic mass is 9.82. The molecule has 0 radical (unpaired) electrons. The van der Waals surface area contributed by atoms with E-state index in [4.69, 9.17) is 24.1 Å². The Hall–Kier alpha value is -6.43. The highest BCUT2D eigenvalue weighted by atomic mass is 16.5. The van der Waals surface area contributed by atoms with Gasteiger partial charge in [-0.15, -0.1) is 0 Å². The Labute approximate surface area is 304 Å². The van der Waals surface area contributed by atoms with Gasteiger partial charge >= 0.3 is 17.9 Å². The van der Waals surface area contributed by atoms with Gasteiger partial charge in [0.2, 0.25) is 0 Å². The number of esters is 3. The smallest absolute Gasteiger partial charge is 0.314 e. The van der Waals surface area contributed by atoms with E-state index in [-0.39, 0.29) is 29.7 Å². The van der Waals surface area contributed by atoms with Gasteiger partial charge in [0.1, 0.15) is 35.2 Å². The first-order valence-corrected chi connectivity index (χ1v) is 17.3. The molecule has 0 aromatic heterocycles. The molecule has 0 aliphatic heterocycles. The fourth-order valence-corrected chi connectivity index (χ4v) is 5.73. The highest BCUT2D eigenvalue weighted by Gasteiger charge is 2.32. The molecule has 0 bridgehead atoms. The maximum atomic E-state index is 12.9. The summed E-state index contributed by atoms with van der Waals surface area (Å²) in [5.41, 5.74) is 3.77. The molecule has 262 valence electrons. The van der Waals surface area contributed by atoms with Crippen LogP contribution in [-0.4, -0.2) is 23.0 Å². The van der Waals surface area contributed by atoms with Gasteiger partial charge in [0.05, 0.1) is 11.8 Å². The summed E-state index contributed by atoms with van der Waals surface area (Å²) in [5, 5.41) is 8.36. The minimum atomic E-state index is -0.302. The number of aliphatic hydroxyl groups excluding tert-OH is 1. The molecule has 0 heterocycles. The van der Waals surface area contributed by atoms with Crippen LogP contribution in [0.15, 0.2) is 97.1 Å². The van der Waals surface area contributed by atoms with E-state index in [0.29, 0.717) is 55.1 Å². The number of hydrogen-bond acceptors (Lipinski definition) is 8. The van der Waals surface area contributed by atoms with Gasteiger partial charge in [0, 0.05) is 30.1 Å². The Morgan fingerprint density at radius 2 is 0.962 bits per heavy atom. The normalized spacial score (nSPS) is 14.5. The molecule has 5 rings (SSSR count). The van der Waals surface area contributed by atoms with Crippen LogP contribution in [0.5, 0.6) is 23.0 Å². The second-order valence-electron chi connectivity index (χ2n) is 12.2. The summed E-state index contributed by atoms with van der Waals surface area (Å²) in [6, 6.07) is 29.2. The van der Waals surface area contributed by atoms with E-state index in [1.807, 2.05) is 48.5 Å². The van der Waals surface area contributed by atoms with Gasteiger partial charge in [-0.25, -0.2) is 0 Å². The summed E-state index contributed by atoms with van der Waals surface area (Å²) in [6.07, 6.45) is 9.60. The molecular weight excluding hydrogens is 656 g/mol. The molecule has 52 heavy (non-hydrogen) atoms. The van der Waals surface area contributed by atoms with Crippen molar-refractivity contribution < 1.29 is 38.4 Å². The van der Waals surface area contributed by atoms with Gasteiger partial charge in [0.25, 0.3) is 0 Å². The molecule has 4 aromatic carbocycles. The molecule has 0 saturated heterocycles. The number of aliphatic hydroxyl groups is 1.